The number of aliphatic hydroxyl groups excluding tert-OH is 1. The Hall–Kier alpha value is -1.75. The van der Waals surface area contributed by atoms with Crippen LogP contribution < -0.4 is 5.32 Å². The van der Waals surface area contributed by atoms with Crippen LogP contribution >= 0.6 is 11.8 Å². The molecule has 2 amide bonds. The number of hydrogen-bond acceptors (Lipinski definition) is 6. The zero-order valence-corrected chi connectivity index (χ0v) is 26.2. The highest BCUT2D eigenvalue weighted by atomic mass is 32.2. The molecular formula is C30H51F2N5O2S. The summed E-state index contributed by atoms with van der Waals surface area (Å²) in [6.45, 7) is 12.3. The molecule has 40 heavy (non-hydrogen) atoms. The summed E-state index contributed by atoms with van der Waals surface area (Å²) >= 11 is 1.88. The molecule has 4 unspecified atom stereocenters. The summed E-state index contributed by atoms with van der Waals surface area (Å²) in [4.78, 5) is 23.8. The van der Waals surface area contributed by atoms with Crippen LogP contribution in [-0.2, 0) is 6.67 Å². The van der Waals surface area contributed by atoms with Gasteiger partial charge in [-0.1, -0.05) is 20.8 Å². The minimum Gasteiger partial charge on any atom is -0.392 e. The first-order valence-electron chi connectivity index (χ1n) is 14.7. The Bertz CT molecular complexity index is 933. The lowest BCUT2D eigenvalue weighted by Gasteiger charge is -2.41. The summed E-state index contributed by atoms with van der Waals surface area (Å²) in [7, 11) is 4.14. The second kappa shape index (κ2) is 17.9. The smallest absolute Gasteiger partial charge is 0.322 e. The first-order chi connectivity index (χ1) is 19.0. The molecule has 3 rings (SSSR count). The molecule has 2 aliphatic rings. The molecule has 0 saturated heterocycles. The van der Waals surface area contributed by atoms with Crippen molar-refractivity contribution in [3.05, 3.63) is 29.6 Å². The number of alkyl halides is 1. The van der Waals surface area contributed by atoms with Crippen molar-refractivity contribution in [1.82, 2.24) is 14.7 Å². The van der Waals surface area contributed by atoms with Crippen LogP contribution in [-0.4, -0.2) is 102 Å². The number of likely N-dealkylation sites (N-methyl/N-ethyl adjacent to an activating group) is 1. The number of thioether (sulfide) groups is 1. The van der Waals surface area contributed by atoms with Gasteiger partial charge in [-0.05, 0) is 89.8 Å². The molecular weight excluding hydrogens is 532 g/mol. The molecule has 228 valence electrons. The molecule has 0 spiro atoms. The molecule has 1 aromatic rings. The van der Waals surface area contributed by atoms with Gasteiger partial charge in [0.05, 0.1) is 11.1 Å². The zero-order valence-electron chi connectivity index (χ0n) is 25.3. The maximum absolute atomic E-state index is 13.6. The third kappa shape index (κ3) is 12.0. The fraction of sp³-hybridized carbons (Fsp3) is 0.733. The van der Waals surface area contributed by atoms with Crippen LogP contribution in [0.2, 0.25) is 0 Å². The van der Waals surface area contributed by atoms with Gasteiger partial charge in [-0.25, -0.2) is 13.6 Å². The molecule has 10 heteroatoms. The fourth-order valence-electron chi connectivity index (χ4n) is 5.44. The first kappa shape index (κ1) is 34.5. The number of nitrogens with one attached hydrogen (secondary N) is 1. The molecule has 0 bridgehead atoms. The van der Waals surface area contributed by atoms with Crippen LogP contribution in [0.25, 0.3) is 0 Å². The SMILES string of the molecule is CCN(CCCN(C(=O)Nc1ccc(F)c(CF)c1)C1CCC(C)CC1C)CC(C)O.CN(C)CC1=NCCS1. The van der Waals surface area contributed by atoms with Gasteiger partial charge in [0.25, 0.3) is 0 Å². The van der Waals surface area contributed by atoms with E-state index in [1.54, 1.807) is 6.92 Å². The number of amides is 2. The van der Waals surface area contributed by atoms with E-state index < -0.39 is 12.5 Å². The van der Waals surface area contributed by atoms with E-state index in [-0.39, 0.29) is 23.7 Å². The second-order valence-corrected chi connectivity index (χ2v) is 12.7. The number of carbonyl (C=O) groups is 1. The van der Waals surface area contributed by atoms with Gasteiger partial charge in [-0.15, -0.1) is 11.8 Å². The monoisotopic (exact) mass is 583 g/mol. The van der Waals surface area contributed by atoms with E-state index in [9.17, 15) is 18.7 Å². The van der Waals surface area contributed by atoms with Crippen LogP contribution in [0.4, 0.5) is 19.3 Å². The van der Waals surface area contributed by atoms with Crippen molar-refractivity contribution in [1.29, 1.82) is 0 Å². The lowest BCUT2D eigenvalue weighted by molar-refractivity contribution is 0.105. The number of aliphatic hydroxyl groups is 1. The van der Waals surface area contributed by atoms with E-state index in [0.29, 0.717) is 30.6 Å². The molecule has 4 atom stereocenters. The van der Waals surface area contributed by atoms with E-state index in [2.05, 4.69) is 55.0 Å². The number of benzene rings is 1. The summed E-state index contributed by atoms with van der Waals surface area (Å²) in [5.41, 5.74) is 0.353. The number of urea groups is 1. The average molecular weight is 584 g/mol. The van der Waals surface area contributed by atoms with Crippen molar-refractivity contribution in [2.45, 2.75) is 72.2 Å². The minimum absolute atomic E-state index is 0.0547. The Morgan fingerprint density at radius 2 is 2.00 bits per heavy atom. The normalized spacial score (nSPS) is 21.6. The summed E-state index contributed by atoms with van der Waals surface area (Å²) in [6.07, 6.45) is 3.54. The van der Waals surface area contributed by atoms with Gasteiger partial charge in [0.15, 0.2) is 0 Å². The summed E-state index contributed by atoms with van der Waals surface area (Å²) < 4.78 is 26.6. The number of hydrogen-bond donors (Lipinski definition) is 2. The Morgan fingerprint density at radius 3 is 2.58 bits per heavy atom. The van der Waals surface area contributed by atoms with E-state index in [0.717, 1.165) is 51.9 Å². The topological polar surface area (TPSA) is 71.4 Å². The number of carbonyl (C=O) groups excluding carboxylic acids is 1. The molecule has 0 radical (unpaired) electrons. The largest absolute Gasteiger partial charge is 0.392 e. The summed E-state index contributed by atoms with van der Waals surface area (Å²) in [5.74, 6) is 1.62. The molecule has 1 aromatic carbocycles. The van der Waals surface area contributed by atoms with Gasteiger partial charge in [0.1, 0.15) is 12.5 Å². The molecule has 7 nitrogen and oxygen atoms in total. The molecule has 1 aliphatic carbocycles. The highest BCUT2D eigenvalue weighted by Crippen LogP contribution is 2.32. The maximum atomic E-state index is 13.6. The van der Waals surface area contributed by atoms with Gasteiger partial charge in [0.2, 0.25) is 0 Å². The zero-order chi connectivity index (χ0) is 29.7. The van der Waals surface area contributed by atoms with Crippen LogP contribution in [0.5, 0.6) is 0 Å². The van der Waals surface area contributed by atoms with Crippen LogP contribution in [0.15, 0.2) is 23.2 Å². The number of aliphatic imine (C=N–C) groups is 1. The van der Waals surface area contributed by atoms with Crippen molar-refractivity contribution >= 4 is 28.5 Å². The third-order valence-corrected chi connectivity index (χ3v) is 8.41. The average Bonchev–Trinajstić information content (AvgIpc) is 3.40. The number of halogens is 2. The maximum Gasteiger partial charge on any atom is 0.322 e. The van der Waals surface area contributed by atoms with E-state index >= 15 is 0 Å². The van der Waals surface area contributed by atoms with Crippen LogP contribution in [0, 0.1) is 17.7 Å². The Kier molecular flexibility index (Phi) is 15.4. The number of rotatable bonds is 12. The highest BCUT2D eigenvalue weighted by Gasteiger charge is 2.32. The van der Waals surface area contributed by atoms with E-state index in [1.165, 1.54) is 29.0 Å². The highest BCUT2D eigenvalue weighted by molar-refractivity contribution is 8.14. The lowest BCUT2D eigenvalue weighted by atomic mass is 9.79. The van der Waals surface area contributed by atoms with Gasteiger partial charge in [0, 0.05) is 49.2 Å². The molecule has 0 aromatic heterocycles. The Morgan fingerprint density at radius 1 is 1.25 bits per heavy atom. The predicted molar refractivity (Wildman–Crippen MR) is 165 cm³/mol. The van der Waals surface area contributed by atoms with Gasteiger partial charge in [-0.2, -0.15) is 0 Å². The Balaban J connectivity index is 0.000000526. The first-order valence-corrected chi connectivity index (χ1v) is 15.7. The lowest BCUT2D eigenvalue weighted by Crippen LogP contribution is -2.49. The standard InChI is InChI=1S/C24H39F2N3O2.C6H12N2S/c1-5-28(16-19(4)30)11-6-12-29(23-10-7-17(2)13-18(23)3)24(31)27-21-8-9-22(26)20(14-21)15-25;1-8(2)5-6-7-3-4-9-6/h8-9,14,17-19,23,30H,5-7,10-13,15-16H2,1-4H3,(H,27,31);3-5H2,1-2H3. The fourth-order valence-corrected chi connectivity index (χ4v) is 6.39. The predicted octanol–water partition coefficient (Wildman–Crippen LogP) is 5.74. The molecule has 2 N–H and O–H groups in total. The quantitative estimate of drug-likeness (QED) is 0.328. The van der Waals surface area contributed by atoms with Crippen molar-refractivity contribution in [2.24, 2.45) is 16.8 Å². The molecule has 1 aliphatic heterocycles. The van der Waals surface area contributed by atoms with E-state index in [4.69, 9.17) is 0 Å². The van der Waals surface area contributed by atoms with Gasteiger partial charge >= 0.3 is 6.03 Å². The third-order valence-electron chi connectivity index (χ3n) is 7.43. The van der Waals surface area contributed by atoms with Crippen molar-refractivity contribution in [2.75, 3.05) is 64.4 Å². The van der Waals surface area contributed by atoms with Crippen molar-refractivity contribution < 1.29 is 18.7 Å². The summed E-state index contributed by atoms with van der Waals surface area (Å²) in [6, 6.07) is 3.94. The second-order valence-electron chi connectivity index (χ2n) is 11.5. The molecule has 1 saturated carbocycles. The van der Waals surface area contributed by atoms with Crippen LogP contribution in [0.1, 0.15) is 58.9 Å². The van der Waals surface area contributed by atoms with Crippen LogP contribution in [0.3, 0.4) is 0 Å². The van der Waals surface area contributed by atoms with Crippen molar-refractivity contribution in [3.63, 3.8) is 0 Å². The molecule has 1 fully saturated rings. The van der Waals surface area contributed by atoms with Crippen molar-refractivity contribution in [3.8, 4) is 0 Å². The van der Waals surface area contributed by atoms with Gasteiger partial charge < -0.3 is 25.1 Å². The summed E-state index contributed by atoms with van der Waals surface area (Å²) in [5, 5.41) is 13.8. The Labute approximate surface area is 244 Å². The number of anilines is 1. The van der Waals surface area contributed by atoms with Gasteiger partial charge in [-0.3, -0.25) is 4.99 Å². The minimum atomic E-state index is -0.910. The molecule has 1 heterocycles. The number of nitrogens with zero attached hydrogens (tertiary/aromatic N) is 4. The van der Waals surface area contributed by atoms with E-state index in [1.807, 2.05) is 16.7 Å².